The molecule has 0 N–H and O–H groups in total. The number of carbonyl (C=O) groups excluding carboxylic acids is 1. The molecule has 0 aromatic heterocycles. The minimum atomic E-state index is -3.01. The van der Waals surface area contributed by atoms with Crippen LogP contribution in [0.1, 0.15) is 11.1 Å². The van der Waals surface area contributed by atoms with Crippen LogP contribution in [-0.4, -0.2) is 32.7 Å². The predicted molar refractivity (Wildman–Crippen MR) is 93.2 cm³/mol. The molecule has 2 aromatic carbocycles. The van der Waals surface area contributed by atoms with Gasteiger partial charge < -0.3 is 18.9 Å². The molecule has 0 amide bonds. The van der Waals surface area contributed by atoms with Crippen molar-refractivity contribution >= 4 is 17.9 Å². The van der Waals surface area contributed by atoms with Crippen molar-refractivity contribution in [3.8, 4) is 17.2 Å². The molecule has 0 unspecified atom stereocenters. The van der Waals surface area contributed by atoms with Gasteiger partial charge in [-0.2, -0.15) is 8.78 Å². The van der Waals surface area contributed by atoms with Crippen LogP contribution in [0.5, 0.6) is 17.2 Å². The number of hydrogen-bond acceptors (Lipinski definition) is 6. The average Bonchev–Trinajstić information content (AvgIpc) is 3.02. The number of esters is 1. The summed E-state index contributed by atoms with van der Waals surface area (Å²) < 4.78 is 44.9. The second-order valence-corrected chi connectivity index (χ2v) is 5.33. The van der Waals surface area contributed by atoms with Gasteiger partial charge in [0.1, 0.15) is 5.75 Å². The molecule has 0 aliphatic carbocycles. The maximum atomic E-state index is 12.5. The van der Waals surface area contributed by atoms with E-state index in [0.717, 1.165) is 0 Å². The van der Waals surface area contributed by atoms with E-state index in [9.17, 15) is 13.6 Å². The van der Waals surface area contributed by atoms with E-state index < -0.39 is 12.6 Å². The van der Waals surface area contributed by atoms with Gasteiger partial charge in [0.15, 0.2) is 17.2 Å². The topological polar surface area (TPSA) is 66.3 Å². The average molecular weight is 375 g/mol. The highest BCUT2D eigenvalue weighted by Gasteiger charge is 2.26. The van der Waals surface area contributed by atoms with E-state index in [0.29, 0.717) is 16.9 Å². The Kier molecular flexibility index (Phi) is 5.35. The molecule has 6 nitrogen and oxygen atoms in total. The summed E-state index contributed by atoms with van der Waals surface area (Å²) >= 11 is 0. The Morgan fingerprint density at radius 3 is 2.48 bits per heavy atom. The van der Waals surface area contributed by atoms with Crippen LogP contribution in [0.15, 0.2) is 53.2 Å². The van der Waals surface area contributed by atoms with E-state index in [1.807, 2.05) is 0 Å². The van der Waals surface area contributed by atoms with Gasteiger partial charge in [-0.3, -0.25) is 0 Å². The quantitative estimate of drug-likeness (QED) is 0.570. The minimum Gasteiger partial charge on any atom is -0.496 e. The zero-order chi connectivity index (χ0) is 19.4. The van der Waals surface area contributed by atoms with Gasteiger partial charge in [0.05, 0.1) is 19.8 Å². The molecule has 0 spiro atoms. The van der Waals surface area contributed by atoms with Gasteiger partial charge in [0.2, 0.25) is 5.90 Å². The lowest BCUT2D eigenvalue weighted by atomic mass is 10.1. The van der Waals surface area contributed by atoms with E-state index in [4.69, 9.17) is 14.2 Å². The van der Waals surface area contributed by atoms with Gasteiger partial charge in [0.25, 0.3) is 0 Å². The third kappa shape index (κ3) is 4.05. The van der Waals surface area contributed by atoms with Gasteiger partial charge in [0, 0.05) is 0 Å². The van der Waals surface area contributed by atoms with Crippen LogP contribution in [0.3, 0.4) is 0 Å². The van der Waals surface area contributed by atoms with Crippen molar-refractivity contribution in [1.29, 1.82) is 0 Å². The Labute approximate surface area is 153 Å². The molecule has 0 saturated heterocycles. The number of nitrogens with zero attached hydrogens (tertiary/aromatic N) is 1. The summed E-state index contributed by atoms with van der Waals surface area (Å²) in [6.07, 6.45) is 1.41. The first-order valence-corrected chi connectivity index (χ1v) is 7.80. The molecule has 0 saturated carbocycles. The summed E-state index contributed by atoms with van der Waals surface area (Å²) in [6, 6.07) is 11.3. The molecule has 1 aliphatic rings. The van der Waals surface area contributed by atoms with Crippen molar-refractivity contribution < 1.29 is 32.5 Å². The third-order valence-corrected chi connectivity index (χ3v) is 3.67. The fourth-order valence-electron chi connectivity index (χ4n) is 2.47. The molecule has 8 heteroatoms. The molecule has 0 bridgehead atoms. The number of para-hydroxylation sites is 1. The van der Waals surface area contributed by atoms with Crippen molar-refractivity contribution in [1.82, 2.24) is 0 Å². The normalized spacial score (nSPS) is 14.9. The molecule has 0 fully saturated rings. The van der Waals surface area contributed by atoms with E-state index in [2.05, 4.69) is 9.73 Å². The molecule has 2 aromatic rings. The summed E-state index contributed by atoms with van der Waals surface area (Å²) in [7, 11) is 2.83. The van der Waals surface area contributed by atoms with E-state index in [1.54, 1.807) is 30.3 Å². The van der Waals surface area contributed by atoms with Crippen molar-refractivity contribution in [3.63, 3.8) is 0 Å². The number of alkyl halides is 2. The molecular weight excluding hydrogens is 360 g/mol. The fraction of sp³-hybridized carbons (Fsp3) is 0.158. The summed E-state index contributed by atoms with van der Waals surface area (Å²) in [6.45, 7) is -3.01. The number of cyclic esters (lactones) is 1. The molecule has 1 heterocycles. The van der Waals surface area contributed by atoms with Crippen LogP contribution in [-0.2, 0) is 9.53 Å². The Morgan fingerprint density at radius 1 is 1.04 bits per heavy atom. The lowest BCUT2D eigenvalue weighted by Gasteiger charge is -2.10. The number of ether oxygens (including phenoxy) is 4. The second-order valence-electron chi connectivity index (χ2n) is 5.33. The number of halogens is 2. The van der Waals surface area contributed by atoms with E-state index in [1.165, 1.54) is 32.4 Å². The number of benzene rings is 2. The number of methoxy groups -OCH3 is 2. The van der Waals surface area contributed by atoms with Crippen LogP contribution in [0, 0.1) is 0 Å². The highest BCUT2D eigenvalue weighted by atomic mass is 19.3. The number of hydrogen-bond donors (Lipinski definition) is 0. The molecule has 3 rings (SSSR count). The minimum absolute atomic E-state index is 0.0177. The first kappa shape index (κ1) is 18.4. The summed E-state index contributed by atoms with van der Waals surface area (Å²) in [5, 5.41) is 0. The van der Waals surface area contributed by atoms with Crippen LogP contribution in [0.25, 0.3) is 6.08 Å². The Hall–Kier alpha value is -3.42. The second kappa shape index (κ2) is 7.86. The zero-order valence-electron chi connectivity index (χ0n) is 14.4. The maximum absolute atomic E-state index is 12.5. The van der Waals surface area contributed by atoms with Crippen molar-refractivity contribution in [2.75, 3.05) is 14.2 Å². The Morgan fingerprint density at radius 2 is 1.78 bits per heavy atom. The van der Waals surface area contributed by atoms with Gasteiger partial charge >= 0.3 is 12.6 Å². The first-order chi connectivity index (χ1) is 13.0. The van der Waals surface area contributed by atoms with Crippen LogP contribution < -0.4 is 14.2 Å². The third-order valence-electron chi connectivity index (χ3n) is 3.67. The van der Waals surface area contributed by atoms with Crippen molar-refractivity contribution in [3.05, 3.63) is 59.3 Å². The number of aliphatic imine (C=N–C) groups is 1. The van der Waals surface area contributed by atoms with Gasteiger partial charge in [-0.1, -0.05) is 18.2 Å². The molecular formula is C19H15F2NO5. The lowest BCUT2D eigenvalue weighted by Crippen LogP contribution is -2.06. The summed E-state index contributed by atoms with van der Waals surface area (Å²) in [4.78, 5) is 16.3. The molecule has 0 radical (unpaired) electrons. The van der Waals surface area contributed by atoms with E-state index >= 15 is 0 Å². The first-order valence-electron chi connectivity index (χ1n) is 7.80. The maximum Gasteiger partial charge on any atom is 0.387 e. The van der Waals surface area contributed by atoms with Gasteiger partial charge in [-0.25, -0.2) is 9.79 Å². The van der Waals surface area contributed by atoms with Crippen LogP contribution in [0.2, 0.25) is 0 Å². The predicted octanol–water partition coefficient (Wildman–Crippen LogP) is 3.65. The van der Waals surface area contributed by atoms with Gasteiger partial charge in [-0.15, -0.1) is 0 Å². The van der Waals surface area contributed by atoms with E-state index in [-0.39, 0.29) is 23.1 Å². The molecule has 140 valence electrons. The Balaban J connectivity index is 1.95. The SMILES string of the molecule is COc1ccc(C=C2N=C(c3ccccc3OC)OC2=O)cc1OC(F)F. The van der Waals surface area contributed by atoms with Crippen LogP contribution >= 0.6 is 0 Å². The largest absolute Gasteiger partial charge is 0.496 e. The highest BCUT2D eigenvalue weighted by Crippen LogP contribution is 2.31. The van der Waals surface area contributed by atoms with Crippen LogP contribution in [0.4, 0.5) is 8.78 Å². The number of carbonyl (C=O) groups is 1. The summed E-state index contributed by atoms with van der Waals surface area (Å²) in [5.74, 6) is -0.0708. The molecule has 27 heavy (non-hydrogen) atoms. The van der Waals surface area contributed by atoms with Crippen molar-refractivity contribution in [2.45, 2.75) is 6.61 Å². The molecule has 0 atom stereocenters. The molecule has 1 aliphatic heterocycles. The van der Waals surface area contributed by atoms with Gasteiger partial charge in [-0.05, 0) is 35.9 Å². The standard InChI is InChI=1S/C19H15F2NO5/c1-24-14-6-4-3-5-12(14)17-22-13(18(23)27-17)9-11-7-8-15(25-2)16(10-11)26-19(20)21/h3-10,19H,1-2H3. The van der Waals surface area contributed by atoms with Crippen molar-refractivity contribution in [2.24, 2.45) is 4.99 Å². The zero-order valence-corrected chi connectivity index (χ0v) is 14.4. The smallest absolute Gasteiger partial charge is 0.387 e. The lowest BCUT2D eigenvalue weighted by molar-refractivity contribution is -0.129. The Bertz CT molecular complexity index is 924. The monoisotopic (exact) mass is 375 g/mol. The fourth-order valence-corrected chi connectivity index (χ4v) is 2.47. The highest BCUT2D eigenvalue weighted by molar-refractivity contribution is 6.13. The summed E-state index contributed by atoms with van der Waals surface area (Å²) in [5.41, 5.74) is 0.959. The number of rotatable bonds is 6.